The summed E-state index contributed by atoms with van der Waals surface area (Å²) in [6, 6.07) is 3.94. The van der Waals surface area contributed by atoms with E-state index in [4.69, 9.17) is 0 Å². The first kappa shape index (κ1) is 10.1. The fraction of sp³-hybridized carbons (Fsp3) is 0.500. The molecule has 0 atom stereocenters. The van der Waals surface area contributed by atoms with Gasteiger partial charge in [-0.15, -0.1) is 0 Å². The van der Waals surface area contributed by atoms with Crippen molar-refractivity contribution in [2.75, 3.05) is 0 Å². The van der Waals surface area contributed by atoms with Gasteiger partial charge < -0.3 is 4.98 Å². The number of hydrogen-bond donors (Lipinski definition) is 1. The summed E-state index contributed by atoms with van der Waals surface area (Å²) in [5, 5.41) is 0. The Balaban J connectivity index is 2.44. The summed E-state index contributed by atoms with van der Waals surface area (Å²) >= 11 is 0. The fourth-order valence-corrected chi connectivity index (χ4v) is 1.91. The van der Waals surface area contributed by atoms with E-state index in [-0.39, 0.29) is 5.41 Å². The van der Waals surface area contributed by atoms with Crippen molar-refractivity contribution in [2.45, 2.75) is 39.0 Å². The van der Waals surface area contributed by atoms with E-state index in [9.17, 15) is 0 Å². The van der Waals surface area contributed by atoms with Gasteiger partial charge in [-0.3, -0.25) is 0 Å². The lowest BCUT2D eigenvalue weighted by atomic mass is 9.87. The molecule has 2 rings (SSSR count). The summed E-state index contributed by atoms with van der Waals surface area (Å²) < 4.78 is 0. The molecule has 0 saturated heterocycles. The second-order valence-electron chi connectivity index (χ2n) is 4.59. The summed E-state index contributed by atoms with van der Waals surface area (Å²) in [7, 11) is 0. The largest absolute Gasteiger partial charge is 0.340 e. The van der Waals surface area contributed by atoms with Crippen LogP contribution in [0.25, 0.3) is 11.2 Å². The van der Waals surface area contributed by atoms with Crippen molar-refractivity contribution in [3.05, 3.63) is 24.2 Å². The van der Waals surface area contributed by atoms with Crippen molar-refractivity contribution < 1.29 is 0 Å². The van der Waals surface area contributed by atoms with Crippen molar-refractivity contribution >= 4 is 11.2 Å². The van der Waals surface area contributed by atoms with Gasteiger partial charge in [-0.05, 0) is 18.6 Å². The van der Waals surface area contributed by atoms with E-state index in [1.54, 1.807) is 6.20 Å². The molecular weight excluding hydrogens is 186 g/mol. The Morgan fingerprint density at radius 2 is 2.20 bits per heavy atom. The van der Waals surface area contributed by atoms with Crippen LogP contribution in [0.1, 0.15) is 39.4 Å². The zero-order valence-electron chi connectivity index (χ0n) is 9.54. The van der Waals surface area contributed by atoms with Crippen LogP contribution in [-0.2, 0) is 5.41 Å². The van der Waals surface area contributed by atoms with Crippen LogP contribution in [0.4, 0.5) is 0 Å². The summed E-state index contributed by atoms with van der Waals surface area (Å²) in [4.78, 5) is 12.1. The van der Waals surface area contributed by atoms with E-state index in [1.807, 2.05) is 12.1 Å². The molecule has 2 aromatic rings. The third-order valence-corrected chi connectivity index (χ3v) is 2.77. The topological polar surface area (TPSA) is 41.6 Å². The van der Waals surface area contributed by atoms with Gasteiger partial charge in [0.15, 0.2) is 5.65 Å². The molecule has 0 radical (unpaired) electrons. The number of rotatable bonds is 3. The predicted octanol–water partition coefficient (Wildman–Crippen LogP) is 3.04. The van der Waals surface area contributed by atoms with E-state index in [1.165, 1.54) is 0 Å². The molecule has 0 aromatic carbocycles. The SMILES string of the molecule is CCCC(C)(C)c1nc2ncccc2[nH]1. The first-order valence-electron chi connectivity index (χ1n) is 5.45. The van der Waals surface area contributed by atoms with Crippen LogP contribution in [-0.4, -0.2) is 15.0 Å². The third kappa shape index (κ3) is 1.87. The van der Waals surface area contributed by atoms with Gasteiger partial charge in [0.05, 0.1) is 5.52 Å². The normalized spacial score (nSPS) is 12.2. The number of H-pyrrole nitrogens is 1. The zero-order valence-corrected chi connectivity index (χ0v) is 9.54. The summed E-state index contributed by atoms with van der Waals surface area (Å²) in [6.07, 6.45) is 4.07. The molecule has 0 bridgehead atoms. The average Bonchev–Trinajstić information content (AvgIpc) is 2.61. The number of fused-ring (bicyclic) bond motifs is 1. The lowest BCUT2D eigenvalue weighted by Gasteiger charge is -2.20. The average molecular weight is 203 g/mol. The minimum absolute atomic E-state index is 0.107. The molecule has 0 fully saturated rings. The van der Waals surface area contributed by atoms with Crippen LogP contribution < -0.4 is 0 Å². The predicted molar refractivity (Wildman–Crippen MR) is 61.8 cm³/mol. The highest BCUT2D eigenvalue weighted by Gasteiger charge is 2.23. The Kier molecular flexibility index (Phi) is 2.47. The van der Waals surface area contributed by atoms with Gasteiger partial charge in [-0.1, -0.05) is 27.2 Å². The molecule has 0 unspecified atom stereocenters. The van der Waals surface area contributed by atoms with Crippen LogP contribution in [0.5, 0.6) is 0 Å². The highest BCUT2D eigenvalue weighted by atomic mass is 15.0. The number of aromatic amines is 1. The minimum atomic E-state index is 0.107. The molecule has 2 heterocycles. The Hall–Kier alpha value is -1.38. The molecule has 0 amide bonds. The number of nitrogens with zero attached hydrogens (tertiary/aromatic N) is 2. The number of pyridine rings is 1. The highest BCUT2D eigenvalue weighted by Crippen LogP contribution is 2.27. The van der Waals surface area contributed by atoms with Crippen LogP contribution in [0.2, 0.25) is 0 Å². The minimum Gasteiger partial charge on any atom is -0.340 e. The number of imidazole rings is 1. The molecule has 15 heavy (non-hydrogen) atoms. The van der Waals surface area contributed by atoms with Gasteiger partial charge in [0.1, 0.15) is 5.82 Å². The molecular formula is C12H17N3. The first-order valence-corrected chi connectivity index (χ1v) is 5.45. The van der Waals surface area contributed by atoms with Gasteiger partial charge in [0.25, 0.3) is 0 Å². The Bertz CT molecular complexity index is 424. The molecule has 0 aliphatic rings. The molecule has 2 aromatic heterocycles. The summed E-state index contributed by atoms with van der Waals surface area (Å²) in [5.41, 5.74) is 1.95. The van der Waals surface area contributed by atoms with E-state index < -0.39 is 0 Å². The molecule has 3 heteroatoms. The molecule has 0 spiro atoms. The van der Waals surface area contributed by atoms with Crippen LogP contribution in [0.3, 0.4) is 0 Å². The maximum absolute atomic E-state index is 4.54. The fourth-order valence-electron chi connectivity index (χ4n) is 1.91. The number of nitrogens with one attached hydrogen (secondary N) is 1. The van der Waals surface area contributed by atoms with Gasteiger partial charge in [-0.25, -0.2) is 9.97 Å². The maximum Gasteiger partial charge on any atom is 0.177 e. The second kappa shape index (κ2) is 3.65. The molecule has 80 valence electrons. The molecule has 0 aliphatic carbocycles. The van der Waals surface area contributed by atoms with Crippen LogP contribution >= 0.6 is 0 Å². The Labute approximate surface area is 90.0 Å². The van der Waals surface area contributed by atoms with Crippen molar-refractivity contribution in [2.24, 2.45) is 0 Å². The summed E-state index contributed by atoms with van der Waals surface area (Å²) in [5.74, 6) is 1.04. The van der Waals surface area contributed by atoms with Gasteiger partial charge >= 0.3 is 0 Å². The molecule has 0 saturated carbocycles. The van der Waals surface area contributed by atoms with E-state index >= 15 is 0 Å². The van der Waals surface area contributed by atoms with Crippen molar-refractivity contribution in [3.63, 3.8) is 0 Å². The number of hydrogen-bond acceptors (Lipinski definition) is 2. The molecule has 3 nitrogen and oxygen atoms in total. The van der Waals surface area contributed by atoms with Crippen LogP contribution in [0, 0.1) is 0 Å². The van der Waals surface area contributed by atoms with Gasteiger partial charge in [-0.2, -0.15) is 0 Å². The maximum atomic E-state index is 4.54. The van der Waals surface area contributed by atoms with Crippen molar-refractivity contribution in [1.82, 2.24) is 15.0 Å². The zero-order chi connectivity index (χ0) is 10.9. The standard InChI is InChI=1S/C12H17N3/c1-4-7-12(2,3)11-14-9-6-5-8-13-10(9)15-11/h5-6,8H,4,7H2,1-3H3,(H,13,14,15). The lowest BCUT2D eigenvalue weighted by Crippen LogP contribution is -2.18. The Morgan fingerprint density at radius 3 is 2.87 bits per heavy atom. The monoisotopic (exact) mass is 203 g/mol. The van der Waals surface area contributed by atoms with Crippen molar-refractivity contribution in [3.8, 4) is 0 Å². The summed E-state index contributed by atoms with van der Waals surface area (Å²) in [6.45, 7) is 6.63. The van der Waals surface area contributed by atoms with E-state index in [0.717, 1.165) is 29.8 Å². The smallest absolute Gasteiger partial charge is 0.177 e. The highest BCUT2D eigenvalue weighted by molar-refractivity contribution is 5.70. The second-order valence-corrected chi connectivity index (χ2v) is 4.59. The van der Waals surface area contributed by atoms with Crippen molar-refractivity contribution in [1.29, 1.82) is 0 Å². The quantitative estimate of drug-likeness (QED) is 0.833. The first-order chi connectivity index (χ1) is 7.13. The third-order valence-electron chi connectivity index (χ3n) is 2.77. The van der Waals surface area contributed by atoms with E-state index in [2.05, 4.69) is 35.7 Å². The van der Waals surface area contributed by atoms with Gasteiger partial charge in [0.2, 0.25) is 0 Å². The van der Waals surface area contributed by atoms with Gasteiger partial charge in [0, 0.05) is 11.6 Å². The van der Waals surface area contributed by atoms with Crippen LogP contribution in [0.15, 0.2) is 18.3 Å². The lowest BCUT2D eigenvalue weighted by molar-refractivity contribution is 0.449. The molecule has 0 aliphatic heterocycles. The molecule has 1 N–H and O–H groups in total. The number of aromatic nitrogens is 3. The Morgan fingerprint density at radius 1 is 1.40 bits per heavy atom. The van der Waals surface area contributed by atoms with E-state index in [0.29, 0.717) is 0 Å².